The van der Waals surface area contributed by atoms with E-state index < -0.39 is 0 Å². The van der Waals surface area contributed by atoms with Gasteiger partial charge in [-0.25, -0.2) is 0 Å². The fraction of sp³-hybridized carbons (Fsp3) is 0. The fourth-order valence-electron chi connectivity index (χ4n) is 0.589. The van der Waals surface area contributed by atoms with E-state index in [2.05, 4.69) is 13.2 Å². The van der Waals surface area contributed by atoms with Crippen LogP contribution in [0.4, 0.5) is 0 Å². The van der Waals surface area contributed by atoms with Crippen molar-refractivity contribution in [3.63, 3.8) is 0 Å². The Labute approximate surface area is 79.4 Å². The number of nitrogens with zero attached hydrogens (tertiary/aromatic N) is 1. The summed E-state index contributed by atoms with van der Waals surface area (Å²) >= 11 is 0. The molecule has 1 rings (SSSR count). The largest absolute Gasteiger partial charge is 0.344 e. The van der Waals surface area contributed by atoms with Crippen molar-refractivity contribution in [2.75, 3.05) is 0 Å². The average Bonchev–Trinajstić information content (AvgIpc) is 2.19. The summed E-state index contributed by atoms with van der Waals surface area (Å²) in [7, 11) is 0. The summed E-state index contributed by atoms with van der Waals surface area (Å²) in [4.78, 5) is 0. The monoisotopic (exact) mass is 174 g/mol. The quantitative estimate of drug-likeness (QED) is 0.664. The van der Waals surface area contributed by atoms with Crippen molar-refractivity contribution in [3.05, 3.63) is 55.1 Å². The molecular formula is C11H14N2. The Morgan fingerprint density at radius 1 is 1.15 bits per heavy atom. The summed E-state index contributed by atoms with van der Waals surface area (Å²) in [5.74, 6) is 0. The molecule has 0 amide bonds. The molecule has 0 heterocycles. The zero-order valence-corrected chi connectivity index (χ0v) is 7.61. The Bertz CT molecular complexity index is 270. The van der Waals surface area contributed by atoms with Crippen LogP contribution >= 0.6 is 0 Å². The highest BCUT2D eigenvalue weighted by molar-refractivity contribution is 5.45. The second kappa shape index (κ2) is 10.2. The highest BCUT2D eigenvalue weighted by Crippen LogP contribution is 1.97. The van der Waals surface area contributed by atoms with Crippen molar-refractivity contribution in [3.8, 4) is 6.07 Å². The molecule has 0 spiro atoms. The van der Waals surface area contributed by atoms with Crippen molar-refractivity contribution in [1.29, 1.82) is 5.26 Å². The lowest BCUT2D eigenvalue weighted by atomic mass is 10.2. The Hall–Kier alpha value is -1.85. The van der Waals surface area contributed by atoms with Gasteiger partial charge in [0, 0.05) is 6.08 Å². The second-order valence-corrected chi connectivity index (χ2v) is 1.95. The van der Waals surface area contributed by atoms with E-state index in [-0.39, 0.29) is 6.15 Å². The molecule has 2 nitrogen and oxygen atoms in total. The summed E-state index contributed by atoms with van der Waals surface area (Å²) in [6, 6.07) is 11.7. The Kier molecular flexibility index (Phi) is 10.7. The molecule has 0 saturated heterocycles. The maximum atomic E-state index is 7.51. The standard InChI is InChI=1S/C8H8.C3H3N.H3N/c1-2-8-6-4-3-5-7-8;1-2-3-4;/h2-7H,1H2;2H,1H2;1H3. The van der Waals surface area contributed by atoms with Gasteiger partial charge >= 0.3 is 0 Å². The van der Waals surface area contributed by atoms with E-state index in [9.17, 15) is 0 Å². The van der Waals surface area contributed by atoms with Crippen LogP contribution in [0, 0.1) is 11.3 Å². The van der Waals surface area contributed by atoms with Gasteiger partial charge < -0.3 is 6.15 Å². The number of benzene rings is 1. The van der Waals surface area contributed by atoms with Crippen LogP contribution in [0.2, 0.25) is 0 Å². The number of hydrogen-bond acceptors (Lipinski definition) is 2. The van der Waals surface area contributed by atoms with Crippen LogP contribution in [0.15, 0.2) is 49.6 Å². The molecule has 0 aliphatic heterocycles. The number of hydrogen-bond donors (Lipinski definition) is 1. The minimum Gasteiger partial charge on any atom is -0.344 e. The zero-order chi connectivity index (χ0) is 9.23. The average molecular weight is 174 g/mol. The lowest BCUT2D eigenvalue weighted by Gasteiger charge is -1.85. The number of allylic oxidation sites excluding steroid dienone is 1. The third kappa shape index (κ3) is 8.05. The second-order valence-electron chi connectivity index (χ2n) is 1.95. The van der Waals surface area contributed by atoms with E-state index in [0.717, 1.165) is 0 Å². The molecule has 68 valence electrons. The van der Waals surface area contributed by atoms with Gasteiger partial charge in [-0.05, 0) is 5.56 Å². The van der Waals surface area contributed by atoms with Gasteiger partial charge in [0.1, 0.15) is 0 Å². The highest BCUT2D eigenvalue weighted by Gasteiger charge is 1.75. The zero-order valence-electron chi connectivity index (χ0n) is 7.61. The van der Waals surface area contributed by atoms with E-state index in [0.29, 0.717) is 0 Å². The molecule has 0 radical (unpaired) electrons. The molecule has 0 aromatic heterocycles. The van der Waals surface area contributed by atoms with Crippen LogP contribution in [0.25, 0.3) is 6.08 Å². The number of nitriles is 1. The minimum atomic E-state index is 0. The van der Waals surface area contributed by atoms with Gasteiger partial charge in [-0.15, -0.1) is 0 Å². The van der Waals surface area contributed by atoms with Crippen molar-refractivity contribution in [1.82, 2.24) is 6.15 Å². The van der Waals surface area contributed by atoms with E-state index in [1.807, 2.05) is 36.4 Å². The van der Waals surface area contributed by atoms with E-state index in [4.69, 9.17) is 5.26 Å². The first-order chi connectivity index (χ1) is 5.85. The topological polar surface area (TPSA) is 58.8 Å². The summed E-state index contributed by atoms with van der Waals surface area (Å²) < 4.78 is 0. The van der Waals surface area contributed by atoms with Gasteiger partial charge in [0.05, 0.1) is 6.07 Å². The van der Waals surface area contributed by atoms with Crippen molar-refractivity contribution < 1.29 is 0 Å². The molecule has 0 atom stereocenters. The predicted octanol–water partition coefficient (Wildman–Crippen LogP) is 3.19. The van der Waals surface area contributed by atoms with Crippen molar-refractivity contribution >= 4 is 6.08 Å². The molecule has 0 aliphatic carbocycles. The van der Waals surface area contributed by atoms with E-state index in [1.54, 1.807) is 6.07 Å². The van der Waals surface area contributed by atoms with Gasteiger partial charge in [0.15, 0.2) is 0 Å². The van der Waals surface area contributed by atoms with Gasteiger partial charge in [-0.3, -0.25) is 0 Å². The number of rotatable bonds is 1. The molecule has 13 heavy (non-hydrogen) atoms. The summed E-state index contributed by atoms with van der Waals surface area (Å²) in [5.41, 5.74) is 1.17. The third-order valence-corrected chi connectivity index (χ3v) is 1.13. The van der Waals surface area contributed by atoms with Gasteiger partial charge in [0.2, 0.25) is 0 Å². The lowest BCUT2D eigenvalue weighted by molar-refractivity contribution is 1.54. The first-order valence-electron chi connectivity index (χ1n) is 3.53. The molecule has 0 bridgehead atoms. The van der Waals surface area contributed by atoms with Gasteiger partial charge in [0.25, 0.3) is 0 Å². The summed E-state index contributed by atoms with van der Waals surface area (Å²) in [6.07, 6.45) is 3.01. The fourth-order valence-corrected chi connectivity index (χ4v) is 0.589. The van der Waals surface area contributed by atoms with Gasteiger partial charge in [-0.1, -0.05) is 49.6 Å². The molecule has 0 fully saturated rings. The smallest absolute Gasteiger partial charge is 0.0905 e. The molecule has 1 aromatic rings. The highest BCUT2D eigenvalue weighted by atomic mass is 14.2. The molecule has 2 heteroatoms. The maximum Gasteiger partial charge on any atom is 0.0905 e. The Balaban J connectivity index is 0. The first-order valence-corrected chi connectivity index (χ1v) is 3.53. The Morgan fingerprint density at radius 3 is 1.85 bits per heavy atom. The molecule has 1 aromatic carbocycles. The van der Waals surface area contributed by atoms with Crippen molar-refractivity contribution in [2.24, 2.45) is 0 Å². The predicted molar refractivity (Wildman–Crippen MR) is 57.4 cm³/mol. The summed E-state index contributed by atoms with van der Waals surface area (Å²) in [5, 5.41) is 7.51. The molecule has 3 N–H and O–H groups in total. The maximum absolute atomic E-state index is 7.51. The SMILES string of the molecule is C=CC#N.C=Cc1ccccc1.N. The van der Waals surface area contributed by atoms with Crippen LogP contribution in [0.5, 0.6) is 0 Å². The Morgan fingerprint density at radius 2 is 1.62 bits per heavy atom. The minimum absolute atomic E-state index is 0. The van der Waals surface area contributed by atoms with Crippen LogP contribution in [-0.4, -0.2) is 0 Å². The van der Waals surface area contributed by atoms with Gasteiger partial charge in [-0.2, -0.15) is 5.26 Å². The van der Waals surface area contributed by atoms with Crippen LogP contribution in [0.1, 0.15) is 5.56 Å². The van der Waals surface area contributed by atoms with Crippen LogP contribution < -0.4 is 6.15 Å². The molecule has 0 unspecified atom stereocenters. The third-order valence-electron chi connectivity index (χ3n) is 1.13. The van der Waals surface area contributed by atoms with E-state index >= 15 is 0 Å². The summed E-state index contributed by atoms with van der Waals surface area (Å²) in [6.45, 7) is 6.75. The van der Waals surface area contributed by atoms with E-state index in [1.165, 1.54) is 11.6 Å². The van der Waals surface area contributed by atoms with Crippen LogP contribution in [0.3, 0.4) is 0 Å². The van der Waals surface area contributed by atoms with Crippen molar-refractivity contribution in [2.45, 2.75) is 0 Å². The molecule has 0 aliphatic rings. The van der Waals surface area contributed by atoms with Crippen LogP contribution in [-0.2, 0) is 0 Å². The molecular weight excluding hydrogens is 160 g/mol. The molecule has 0 saturated carbocycles. The lowest BCUT2D eigenvalue weighted by Crippen LogP contribution is -1.63. The normalized spacial score (nSPS) is 6.38. The first kappa shape index (κ1) is 13.7.